The highest BCUT2D eigenvalue weighted by Crippen LogP contribution is 2.18. The fourth-order valence-electron chi connectivity index (χ4n) is 3.14. The lowest BCUT2D eigenvalue weighted by Gasteiger charge is -2.03. The molecule has 0 atom stereocenters. The van der Waals surface area contributed by atoms with Gasteiger partial charge in [-0.05, 0) is 30.7 Å². The van der Waals surface area contributed by atoms with E-state index in [1.54, 1.807) is 59.4 Å². The molecule has 0 spiro atoms. The number of anilines is 2. The van der Waals surface area contributed by atoms with Crippen molar-refractivity contribution in [2.45, 2.75) is 6.92 Å². The summed E-state index contributed by atoms with van der Waals surface area (Å²) in [5.41, 5.74) is 3.15. The van der Waals surface area contributed by atoms with Gasteiger partial charge in [0.2, 0.25) is 0 Å². The average molecular weight is 397 g/mol. The molecule has 9 nitrogen and oxygen atoms in total. The predicted octanol–water partition coefficient (Wildman–Crippen LogP) is 2.30. The summed E-state index contributed by atoms with van der Waals surface area (Å²) in [5.74, 6) is -1.12. The van der Waals surface area contributed by atoms with E-state index in [2.05, 4.69) is 10.6 Å². The molecule has 9 heteroatoms. The molecule has 0 unspecified atom stereocenters. The number of aryl methyl sites for hydroxylation is 4. The highest BCUT2D eigenvalue weighted by Gasteiger charge is 2.18. The summed E-state index contributed by atoms with van der Waals surface area (Å²) in [5, 5.41) is 5.55. The van der Waals surface area contributed by atoms with Gasteiger partial charge in [-0.15, -0.1) is 0 Å². The molecule has 3 heterocycles. The molecule has 29 heavy (non-hydrogen) atoms. The van der Waals surface area contributed by atoms with Crippen LogP contribution in [0.1, 0.15) is 37.0 Å². The Morgan fingerprint density at radius 1 is 0.759 bits per heavy atom. The van der Waals surface area contributed by atoms with E-state index < -0.39 is 5.97 Å². The van der Waals surface area contributed by atoms with Crippen molar-refractivity contribution in [2.24, 2.45) is 21.1 Å². The van der Waals surface area contributed by atoms with Gasteiger partial charge in [0.25, 0.3) is 11.8 Å². The lowest BCUT2D eigenvalue weighted by molar-refractivity contribution is 0.0589. The number of nitrogens with zero attached hydrogens (tertiary/aromatic N) is 3. The van der Waals surface area contributed by atoms with Gasteiger partial charge in [0.1, 0.15) is 17.1 Å². The number of nitrogens with one attached hydrogen (secondary N) is 2. The van der Waals surface area contributed by atoms with E-state index in [-0.39, 0.29) is 11.8 Å². The molecule has 0 aliphatic heterocycles. The van der Waals surface area contributed by atoms with E-state index in [4.69, 9.17) is 4.74 Å². The minimum absolute atomic E-state index is 0.260. The summed E-state index contributed by atoms with van der Waals surface area (Å²) in [6.07, 6.45) is 5.14. The lowest BCUT2D eigenvalue weighted by Crippen LogP contribution is -2.15. The third-order valence-electron chi connectivity index (χ3n) is 4.53. The number of carbonyl (C=O) groups excluding carboxylic acids is 3. The number of methoxy groups -OCH3 is 1. The zero-order valence-electron chi connectivity index (χ0n) is 16.9. The molecule has 0 radical (unpaired) electrons. The number of amides is 2. The Morgan fingerprint density at radius 3 is 1.69 bits per heavy atom. The van der Waals surface area contributed by atoms with Gasteiger partial charge in [-0.3, -0.25) is 9.59 Å². The van der Waals surface area contributed by atoms with E-state index in [0.717, 1.165) is 5.56 Å². The van der Waals surface area contributed by atoms with Gasteiger partial charge in [-0.25, -0.2) is 4.79 Å². The number of esters is 1. The zero-order valence-corrected chi connectivity index (χ0v) is 16.9. The van der Waals surface area contributed by atoms with E-state index in [1.165, 1.54) is 13.2 Å². The van der Waals surface area contributed by atoms with Crippen LogP contribution in [0.15, 0.2) is 36.8 Å². The maximum Gasteiger partial charge on any atom is 0.354 e. The molecule has 152 valence electrons. The van der Waals surface area contributed by atoms with Crippen LogP contribution in [0.5, 0.6) is 0 Å². The molecule has 3 aromatic heterocycles. The summed E-state index contributed by atoms with van der Waals surface area (Å²) in [7, 11) is 6.49. The lowest BCUT2D eigenvalue weighted by atomic mass is 10.3. The second-order valence-electron chi connectivity index (χ2n) is 6.86. The molecule has 0 aliphatic carbocycles. The molecule has 0 saturated heterocycles. The van der Waals surface area contributed by atoms with Crippen molar-refractivity contribution >= 4 is 29.2 Å². The summed E-state index contributed by atoms with van der Waals surface area (Å²) in [6, 6.07) is 4.92. The van der Waals surface area contributed by atoms with Crippen LogP contribution in [0.3, 0.4) is 0 Å². The Balaban J connectivity index is 1.74. The van der Waals surface area contributed by atoms with Crippen LogP contribution in [-0.2, 0) is 25.9 Å². The van der Waals surface area contributed by atoms with E-state index in [0.29, 0.717) is 28.5 Å². The summed E-state index contributed by atoms with van der Waals surface area (Å²) >= 11 is 0. The first-order valence-electron chi connectivity index (χ1n) is 8.86. The van der Waals surface area contributed by atoms with Gasteiger partial charge in [0.05, 0.1) is 18.5 Å². The first-order valence-corrected chi connectivity index (χ1v) is 8.86. The van der Waals surface area contributed by atoms with E-state index >= 15 is 0 Å². The van der Waals surface area contributed by atoms with Crippen LogP contribution < -0.4 is 10.6 Å². The molecule has 2 N–H and O–H groups in total. The standard InChI is InChI=1S/C20H23N5O4/c1-12-6-15(23(2)9-12)18(26)21-13-7-16(24(3)10-13)19(27)22-14-8-17(20(28)29-5)25(4)11-14/h6-11H,1-5H3,(H,21,26)(H,22,27). The van der Waals surface area contributed by atoms with Gasteiger partial charge in [0, 0.05) is 39.7 Å². The van der Waals surface area contributed by atoms with Crippen molar-refractivity contribution in [3.05, 3.63) is 59.4 Å². The number of hydrogen-bond donors (Lipinski definition) is 2. The second kappa shape index (κ2) is 7.70. The van der Waals surface area contributed by atoms with Crippen LogP contribution >= 0.6 is 0 Å². The minimum Gasteiger partial charge on any atom is -0.464 e. The summed E-state index contributed by atoms with van der Waals surface area (Å²) < 4.78 is 9.64. The van der Waals surface area contributed by atoms with Crippen LogP contribution in [0.2, 0.25) is 0 Å². The highest BCUT2D eigenvalue weighted by atomic mass is 16.5. The van der Waals surface area contributed by atoms with Gasteiger partial charge < -0.3 is 29.1 Å². The molecule has 3 aromatic rings. The molecule has 0 saturated carbocycles. The predicted molar refractivity (Wildman–Crippen MR) is 108 cm³/mol. The number of hydrogen-bond acceptors (Lipinski definition) is 4. The van der Waals surface area contributed by atoms with Crippen molar-refractivity contribution in [3.63, 3.8) is 0 Å². The zero-order chi connectivity index (χ0) is 21.3. The van der Waals surface area contributed by atoms with E-state index in [1.807, 2.05) is 13.1 Å². The first-order chi connectivity index (χ1) is 13.7. The fraction of sp³-hybridized carbons (Fsp3) is 0.250. The maximum absolute atomic E-state index is 12.6. The van der Waals surface area contributed by atoms with Crippen LogP contribution in [0.25, 0.3) is 0 Å². The number of aromatic nitrogens is 3. The highest BCUT2D eigenvalue weighted by molar-refractivity contribution is 6.07. The molecule has 0 aliphatic rings. The SMILES string of the molecule is COC(=O)c1cc(NC(=O)c2cc(NC(=O)c3cc(C)cn3C)cn2C)cn1C. The molecule has 0 fully saturated rings. The molecule has 3 rings (SSSR count). The Morgan fingerprint density at radius 2 is 1.21 bits per heavy atom. The van der Waals surface area contributed by atoms with Crippen LogP contribution in [0.4, 0.5) is 11.4 Å². The molecule has 2 amide bonds. The van der Waals surface area contributed by atoms with Gasteiger partial charge in [0.15, 0.2) is 0 Å². The normalized spacial score (nSPS) is 10.7. The third kappa shape index (κ3) is 4.08. The van der Waals surface area contributed by atoms with E-state index in [9.17, 15) is 14.4 Å². The third-order valence-corrected chi connectivity index (χ3v) is 4.53. The van der Waals surface area contributed by atoms with Crippen molar-refractivity contribution in [1.29, 1.82) is 0 Å². The molecular formula is C20H23N5O4. The Labute approximate surface area is 167 Å². The topological polar surface area (TPSA) is 99.3 Å². The minimum atomic E-state index is -0.493. The van der Waals surface area contributed by atoms with Crippen molar-refractivity contribution in [1.82, 2.24) is 13.7 Å². The molecule has 0 aromatic carbocycles. The monoisotopic (exact) mass is 397 g/mol. The number of carbonyl (C=O) groups is 3. The van der Waals surface area contributed by atoms with Gasteiger partial charge >= 0.3 is 5.97 Å². The fourth-order valence-corrected chi connectivity index (χ4v) is 3.14. The number of ether oxygens (including phenoxy) is 1. The van der Waals surface area contributed by atoms with Gasteiger partial charge in [-0.1, -0.05) is 0 Å². The van der Waals surface area contributed by atoms with Crippen molar-refractivity contribution in [2.75, 3.05) is 17.7 Å². The average Bonchev–Trinajstić information content (AvgIpc) is 3.31. The Hall–Kier alpha value is -3.75. The van der Waals surface area contributed by atoms with Crippen molar-refractivity contribution in [3.8, 4) is 0 Å². The smallest absolute Gasteiger partial charge is 0.354 e. The van der Waals surface area contributed by atoms with Gasteiger partial charge in [-0.2, -0.15) is 0 Å². The summed E-state index contributed by atoms with van der Waals surface area (Å²) in [4.78, 5) is 36.8. The first kappa shape index (κ1) is 20.0. The quantitative estimate of drug-likeness (QED) is 0.645. The number of rotatable bonds is 5. The maximum atomic E-state index is 12.6. The molecular weight excluding hydrogens is 374 g/mol. The largest absolute Gasteiger partial charge is 0.464 e. The van der Waals surface area contributed by atoms with Crippen LogP contribution in [-0.4, -0.2) is 38.6 Å². The Kier molecular flexibility index (Phi) is 5.31. The molecule has 0 bridgehead atoms. The second-order valence-corrected chi connectivity index (χ2v) is 6.86. The Bertz CT molecular complexity index is 1100. The van der Waals surface area contributed by atoms with Crippen LogP contribution in [0, 0.1) is 6.92 Å². The van der Waals surface area contributed by atoms with Crippen molar-refractivity contribution < 1.29 is 19.1 Å². The summed E-state index contributed by atoms with van der Waals surface area (Å²) in [6.45, 7) is 1.91.